The van der Waals surface area contributed by atoms with Crippen LogP contribution in [-0.4, -0.2) is 65.0 Å². The molecule has 172 valence electrons. The van der Waals surface area contributed by atoms with E-state index >= 15 is 0 Å². The van der Waals surface area contributed by atoms with Gasteiger partial charge in [0.2, 0.25) is 5.95 Å². The number of hydrogen-bond acceptors (Lipinski definition) is 7. The van der Waals surface area contributed by atoms with Crippen LogP contribution < -0.4 is 21.1 Å². The molecule has 0 atom stereocenters. The summed E-state index contributed by atoms with van der Waals surface area (Å²) in [5.41, 5.74) is 2.66. The molecular weight excluding hydrogens is 418 g/mol. The minimum Gasteiger partial charge on any atom is -0.369 e. The van der Waals surface area contributed by atoms with E-state index in [1.165, 1.54) is 0 Å². The molecule has 1 aromatic carbocycles. The van der Waals surface area contributed by atoms with Gasteiger partial charge in [-0.25, -0.2) is 9.97 Å². The fourth-order valence-electron chi connectivity index (χ4n) is 3.88. The van der Waals surface area contributed by atoms with Crippen molar-refractivity contribution in [3.63, 3.8) is 0 Å². The van der Waals surface area contributed by atoms with E-state index in [2.05, 4.69) is 49.2 Å². The highest BCUT2D eigenvalue weighted by Gasteiger charge is 2.19. The average molecular weight is 448 g/mol. The minimum absolute atomic E-state index is 0.163. The third kappa shape index (κ3) is 5.20. The molecule has 0 unspecified atom stereocenters. The van der Waals surface area contributed by atoms with Crippen LogP contribution in [0.3, 0.4) is 0 Å². The zero-order chi connectivity index (χ0) is 23.4. The largest absolute Gasteiger partial charge is 0.369 e. The Morgan fingerprint density at radius 2 is 1.82 bits per heavy atom. The number of pyridine rings is 1. The molecule has 1 aliphatic rings. The minimum atomic E-state index is -0.380. The fraction of sp³-hybridized carbons (Fsp3) is 0.333. The average Bonchev–Trinajstić information content (AvgIpc) is 2.85. The molecule has 0 aliphatic carbocycles. The lowest BCUT2D eigenvalue weighted by molar-refractivity contribution is 0.102. The third-order valence-corrected chi connectivity index (χ3v) is 5.87. The van der Waals surface area contributed by atoms with Gasteiger partial charge in [0, 0.05) is 68.5 Å². The number of aromatic amines is 1. The van der Waals surface area contributed by atoms with Crippen LogP contribution in [0.2, 0.25) is 0 Å². The lowest BCUT2D eigenvalue weighted by Crippen LogP contribution is -2.48. The van der Waals surface area contributed by atoms with Gasteiger partial charge in [-0.2, -0.15) is 0 Å². The SMILES string of the molecule is CNc1nccc(-c2c[nH]c(=O)c(NC(=O)c3ccc(N4CCN(C(C)C)CC4)cc3)c2)n1. The van der Waals surface area contributed by atoms with Gasteiger partial charge in [0.1, 0.15) is 5.69 Å². The maximum atomic E-state index is 12.8. The van der Waals surface area contributed by atoms with Crippen molar-refractivity contribution in [2.75, 3.05) is 48.8 Å². The molecule has 0 bridgehead atoms. The molecule has 2 aromatic heterocycles. The summed E-state index contributed by atoms with van der Waals surface area (Å²) in [4.78, 5) is 41.0. The summed E-state index contributed by atoms with van der Waals surface area (Å²) in [6.45, 7) is 8.42. The van der Waals surface area contributed by atoms with Gasteiger partial charge in [-0.15, -0.1) is 0 Å². The van der Waals surface area contributed by atoms with E-state index in [9.17, 15) is 9.59 Å². The van der Waals surface area contributed by atoms with E-state index in [0.717, 1.165) is 31.9 Å². The van der Waals surface area contributed by atoms with E-state index in [1.807, 2.05) is 12.1 Å². The highest BCUT2D eigenvalue weighted by Crippen LogP contribution is 2.20. The number of anilines is 3. The third-order valence-electron chi connectivity index (χ3n) is 5.87. The molecular formula is C24H29N7O2. The number of benzene rings is 1. The Hall–Kier alpha value is -3.72. The van der Waals surface area contributed by atoms with E-state index in [4.69, 9.17) is 0 Å². The van der Waals surface area contributed by atoms with Gasteiger partial charge in [-0.05, 0) is 50.2 Å². The van der Waals surface area contributed by atoms with Gasteiger partial charge < -0.3 is 20.5 Å². The summed E-state index contributed by atoms with van der Waals surface area (Å²) in [6, 6.07) is 11.4. The zero-order valence-corrected chi connectivity index (χ0v) is 19.1. The number of hydrogen-bond donors (Lipinski definition) is 3. The Balaban J connectivity index is 1.45. The van der Waals surface area contributed by atoms with Crippen molar-refractivity contribution >= 4 is 23.2 Å². The molecule has 9 heteroatoms. The molecule has 0 spiro atoms. The predicted octanol–water partition coefficient (Wildman–Crippen LogP) is 2.66. The highest BCUT2D eigenvalue weighted by molar-refractivity contribution is 6.04. The smallest absolute Gasteiger partial charge is 0.271 e. The van der Waals surface area contributed by atoms with Crippen molar-refractivity contribution in [2.45, 2.75) is 19.9 Å². The van der Waals surface area contributed by atoms with Gasteiger partial charge in [-0.1, -0.05) is 0 Å². The molecule has 0 radical (unpaired) electrons. The number of rotatable bonds is 6. The molecule has 3 heterocycles. The maximum absolute atomic E-state index is 12.8. The second-order valence-corrected chi connectivity index (χ2v) is 8.26. The molecule has 33 heavy (non-hydrogen) atoms. The normalized spacial score (nSPS) is 14.4. The second kappa shape index (κ2) is 9.83. The molecule has 3 aromatic rings. The first-order valence-electron chi connectivity index (χ1n) is 11.1. The Bertz CT molecular complexity index is 1170. The first kappa shape index (κ1) is 22.5. The van der Waals surface area contributed by atoms with E-state index in [0.29, 0.717) is 28.8 Å². The summed E-state index contributed by atoms with van der Waals surface area (Å²) < 4.78 is 0. The summed E-state index contributed by atoms with van der Waals surface area (Å²) in [6.07, 6.45) is 3.19. The predicted molar refractivity (Wildman–Crippen MR) is 131 cm³/mol. The van der Waals surface area contributed by atoms with Crippen molar-refractivity contribution in [3.05, 3.63) is 64.7 Å². The van der Waals surface area contributed by atoms with Crippen LogP contribution in [0.5, 0.6) is 0 Å². The molecule has 1 aliphatic heterocycles. The first-order chi connectivity index (χ1) is 15.9. The van der Waals surface area contributed by atoms with E-state index < -0.39 is 0 Å². The topological polar surface area (TPSA) is 106 Å². The molecule has 0 saturated carbocycles. The zero-order valence-electron chi connectivity index (χ0n) is 19.1. The van der Waals surface area contributed by atoms with Crippen LogP contribution in [0.25, 0.3) is 11.3 Å². The quantitative estimate of drug-likeness (QED) is 0.533. The van der Waals surface area contributed by atoms with Crippen LogP contribution in [0.15, 0.2) is 53.6 Å². The Morgan fingerprint density at radius 1 is 1.09 bits per heavy atom. The fourth-order valence-corrected chi connectivity index (χ4v) is 3.88. The summed E-state index contributed by atoms with van der Waals surface area (Å²) >= 11 is 0. The Morgan fingerprint density at radius 3 is 2.48 bits per heavy atom. The number of carbonyl (C=O) groups excluding carboxylic acids is 1. The number of nitrogens with one attached hydrogen (secondary N) is 3. The lowest BCUT2D eigenvalue weighted by atomic mass is 10.1. The Kier molecular flexibility index (Phi) is 6.69. The molecule has 3 N–H and O–H groups in total. The van der Waals surface area contributed by atoms with Crippen LogP contribution in [0.1, 0.15) is 24.2 Å². The number of nitrogens with zero attached hydrogens (tertiary/aromatic N) is 4. The van der Waals surface area contributed by atoms with Crippen molar-refractivity contribution < 1.29 is 4.79 Å². The van der Waals surface area contributed by atoms with E-state index in [-0.39, 0.29) is 17.2 Å². The van der Waals surface area contributed by atoms with Crippen molar-refractivity contribution in [1.82, 2.24) is 19.9 Å². The molecule has 1 saturated heterocycles. The van der Waals surface area contributed by atoms with Crippen LogP contribution in [0.4, 0.5) is 17.3 Å². The number of carbonyl (C=O) groups is 1. The molecule has 1 amide bonds. The Labute approximate surface area is 192 Å². The molecule has 1 fully saturated rings. The van der Waals surface area contributed by atoms with Crippen molar-refractivity contribution in [2.24, 2.45) is 0 Å². The molecule has 4 rings (SSSR count). The van der Waals surface area contributed by atoms with Crippen molar-refractivity contribution in [3.8, 4) is 11.3 Å². The number of amides is 1. The van der Waals surface area contributed by atoms with Gasteiger partial charge in [0.05, 0.1) is 5.69 Å². The summed E-state index contributed by atoms with van der Waals surface area (Å²) in [7, 11) is 1.73. The van der Waals surface area contributed by atoms with E-state index in [1.54, 1.807) is 43.7 Å². The van der Waals surface area contributed by atoms with Crippen molar-refractivity contribution in [1.29, 1.82) is 0 Å². The standard InChI is InChI=1S/C24H29N7O2/c1-16(2)30-10-12-31(13-11-30)19-6-4-17(5-7-19)22(32)28-21-14-18(15-27-23(21)33)20-8-9-26-24(25-3)29-20/h4-9,14-16H,10-13H2,1-3H3,(H,27,33)(H,28,32)(H,25,26,29). The number of piperazine rings is 1. The van der Waals surface area contributed by atoms with Gasteiger partial charge in [0.25, 0.3) is 11.5 Å². The number of H-pyrrole nitrogens is 1. The summed E-state index contributed by atoms with van der Waals surface area (Å²) in [5, 5.41) is 5.60. The monoisotopic (exact) mass is 447 g/mol. The summed E-state index contributed by atoms with van der Waals surface area (Å²) in [5.74, 6) is 0.127. The van der Waals surface area contributed by atoms with Gasteiger partial charge >= 0.3 is 0 Å². The maximum Gasteiger partial charge on any atom is 0.271 e. The molecule has 9 nitrogen and oxygen atoms in total. The van der Waals surface area contributed by atoms with Crippen LogP contribution in [-0.2, 0) is 0 Å². The van der Waals surface area contributed by atoms with Gasteiger partial charge in [0.15, 0.2) is 0 Å². The highest BCUT2D eigenvalue weighted by atomic mass is 16.2. The van der Waals surface area contributed by atoms with Crippen LogP contribution in [0, 0.1) is 0 Å². The van der Waals surface area contributed by atoms with Crippen LogP contribution >= 0.6 is 0 Å². The van der Waals surface area contributed by atoms with Gasteiger partial charge in [-0.3, -0.25) is 14.5 Å². The first-order valence-corrected chi connectivity index (χ1v) is 11.1. The lowest BCUT2D eigenvalue weighted by Gasteiger charge is -2.38. The second-order valence-electron chi connectivity index (χ2n) is 8.26. The number of aromatic nitrogens is 3.